The van der Waals surface area contributed by atoms with Crippen molar-refractivity contribution < 1.29 is 22.7 Å². The number of esters is 1. The predicted octanol–water partition coefficient (Wildman–Crippen LogP) is 2.12. The van der Waals surface area contributed by atoms with Crippen LogP contribution in [0.25, 0.3) is 0 Å². The zero-order valence-corrected chi connectivity index (χ0v) is 14.7. The van der Waals surface area contributed by atoms with Gasteiger partial charge in [0.25, 0.3) is 5.91 Å². The summed E-state index contributed by atoms with van der Waals surface area (Å²) in [6, 6.07) is 14.8. The summed E-state index contributed by atoms with van der Waals surface area (Å²) in [6.07, 6.45) is 1.01. The highest BCUT2D eigenvalue weighted by atomic mass is 32.2. The molecule has 0 aliphatic carbocycles. The van der Waals surface area contributed by atoms with Gasteiger partial charge in [-0.05, 0) is 24.6 Å². The van der Waals surface area contributed by atoms with Crippen molar-refractivity contribution in [3.05, 3.63) is 65.7 Å². The molecule has 0 radical (unpaired) electrons. The molecule has 25 heavy (non-hydrogen) atoms. The minimum Gasteiger partial charge on any atom is -0.452 e. The van der Waals surface area contributed by atoms with Crippen LogP contribution in [0, 0.1) is 0 Å². The molecule has 2 aromatic rings. The number of ether oxygens (including phenoxy) is 1. The zero-order valence-electron chi connectivity index (χ0n) is 13.9. The molecule has 1 atom stereocenters. The predicted molar refractivity (Wildman–Crippen MR) is 92.8 cm³/mol. The number of amides is 1. The van der Waals surface area contributed by atoms with Gasteiger partial charge in [0.05, 0.1) is 16.5 Å². The van der Waals surface area contributed by atoms with Crippen LogP contribution in [0.3, 0.4) is 0 Å². The van der Waals surface area contributed by atoms with E-state index in [1.54, 1.807) is 0 Å². The van der Waals surface area contributed by atoms with E-state index in [4.69, 9.17) is 4.74 Å². The quantitative estimate of drug-likeness (QED) is 0.796. The SMILES string of the molecule is C[C@@H](NC(=O)COC(=O)c1ccccc1S(C)(=O)=O)c1ccccc1. The maximum Gasteiger partial charge on any atom is 0.339 e. The number of sulfone groups is 1. The lowest BCUT2D eigenvalue weighted by molar-refractivity contribution is -0.124. The number of hydrogen-bond donors (Lipinski definition) is 1. The molecule has 7 heteroatoms. The van der Waals surface area contributed by atoms with E-state index in [0.29, 0.717) is 0 Å². The monoisotopic (exact) mass is 361 g/mol. The summed E-state index contributed by atoms with van der Waals surface area (Å²) in [5, 5.41) is 2.71. The Hall–Kier alpha value is -2.67. The molecule has 2 aromatic carbocycles. The summed E-state index contributed by atoms with van der Waals surface area (Å²) in [6.45, 7) is 1.32. The van der Waals surface area contributed by atoms with Gasteiger partial charge in [-0.25, -0.2) is 13.2 Å². The van der Waals surface area contributed by atoms with Crippen LogP contribution in [0.4, 0.5) is 0 Å². The highest BCUT2D eigenvalue weighted by Crippen LogP contribution is 2.16. The average molecular weight is 361 g/mol. The average Bonchev–Trinajstić information content (AvgIpc) is 2.59. The molecule has 0 aliphatic rings. The molecule has 0 heterocycles. The van der Waals surface area contributed by atoms with Crippen LogP contribution in [0.5, 0.6) is 0 Å². The third-order valence-electron chi connectivity index (χ3n) is 3.52. The number of rotatable bonds is 6. The zero-order chi connectivity index (χ0) is 18.4. The molecule has 0 fully saturated rings. The molecule has 0 aromatic heterocycles. The molecule has 0 unspecified atom stereocenters. The Morgan fingerprint density at radius 2 is 1.64 bits per heavy atom. The lowest BCUT2D eigenvalue weighted by Gasteiger charge is -2.14. The van der Waals surface area contributed by atoms with Crippen LogP contribution in [0.15, 0.2) is 59.5 Å². The first-order valence-corrected chi connectivity index (χ1v) is 9.48. The fourth-order valence-corrected chi connectivity index (χ4v) is 3.15. The van der Waals surface area contributed by atoms with Crippen molar-refractivity contribution in [2.75, 3.05) is 12.9 Å². The summed E-state index contributed by atoms with van der Waals surface area (Å²) in [5.41, 5.74) is 0.832. The summed E-state index contributed by atoms with van der Waals surface area (Å²) >= 11 is 0. The summed E-state index contributed by atoms with van der Waals surface area (Å²) in [4.78, 5) is 23.9. The maximum absolute atomic E-state index is 12.1. The van der Waals surface area contributed by atoms with Crippen LogP contribution in [-0.4, -0.2) is 33.2 Å². The molecule has 6 nitrogen and oxygen atoms in total. The van der Waals surface area contributed by atoms with Gasteiger partial charge in [0, 0.05) is 6.26 Å². The second-order valence-corrected chi connectivity index (χ2v) is 7.53. The van der Waals surface area contributed by atoms with Crippen LogP contribution >= 0.6 is 0 Å². The third kappa shape index (κ3) is 5.15. The molecule has 1 N–H and O–H groups in total. The Morgan fingerprint density at radius 3 is 2.28 bits per heavy atom. The summed E-state index contributed by atoms with van der Waals surface area (Å²) in [7, 11) is -3.57. The van der Waals surface area contributed by atoms with E-state index in [1.165, 1.54) is 24.3 Å². The Balaban J connectivity index is 1.98. The molecule has 1 amide bonds. The minimum atomic E-state index is -3.57. The lowest BCUT2D eigenvalue weighted by Crippen LogP contribution is -2.31. The standard InChI is InChI=1S/C18H19NO5S/c1-13(14-8-4-3-5-9-14)19-17(20)12-24-18(21)15-10-6-7-11-16(15)25(2,22)23/h3-11,13H,12H2,1-2H3,(H,19,20)/t13-/m1/s1. The van der Waals surface area contributed by atoms with Crippen molar-refractivity contribution in [3.8, 4) is 0 Å². The smallest absolute Gasteiger partial charge is 0.339 e. The number of nitrogens with one attached hydrogen (secondary N) is 1. The Labute approximate surface area is 146 Å². The van der Waals surface area contributed by atoms with Crippen LogP contribution in [0.2, 0.25) is 0 Å². The van der Waals surface area contributed by atoms with Gasteiger partial charge in [-0.2, -0.15) is 0 Å². The van der Waals surface area contributed by atoms with Crippen molar-refractivity contribution in [2.45, 2.75) is 17.9 Å². The second-order valence-electron chi connectivity index (χ2n) is 5.54. The first-order valence-electron chi connectivity index (χ1n) is 7.59. The van der Waals surface area contributed by atoms with Crippen molar-refractivity contribution in [3.63, 3.8) is 0 Å². The highest BCUT2D eigenvalue weighted by Gasteiger charge is 2.20. The largest absolute Gasteiger partial charge is 0.452 e. The number of carbonyl (C=O) groups excluding carboxylic acids is 2. The van der Waals surface area contributed by atoms with E-state index < -0.39 is 28.3 Å². The Bertz CT molecular complexity index is 862. The number of carbonyl (C=O) groups is 2. The third-order valence-corrected chi connectivity index (χ3v) is 4.67. The Kier molecular flexibility index (Phi) is 5.93. The Morgan fingerprint density at radius 1 is 1.04 bits per heavy atom. The van der Waals surface area contributed by atoms with Crippen LogP contribution in [0.1, 0.15) is 28.9 Å². The van der Waals surface area contributed by atoms with E-state index in [2.05, 4.69) is 5.32 Å². The first kappa shape index (κ1) is 18.7. The van der Waals surface area contributed by atoms with Gasteiger partial charge in [0.1, 0.15) is 0 Å². The molecular weight excluding hydrogens is 342 g/mol. The van der Waals surface area contributed by atoms with E-state index in [9.17, 15) is 18.0 Å². The summed E-state index contributed by atoms with van der Waals surface area (Å²) in [5.74, 6) is -1.33. The van der Waals surface area contributed by atoms with Gasteiger partial charge in [-0.3, -0.25) is 4.79 Å². The van der Waals surface area contributed by atoms with Gasteiger partial charge in [0.2, 0.25) is 0 Å². The van der Waals surface area contributed by atoms with Crippen molar-refractivity contribution in [1.82, 2.24) is 5.32 Å². The van der Waals surface area contributed by atoms with Gasteiger partial charge >= 0.3 is 5.97 Å². The van der Waals surface area contributed by atoms with Crippen LogP contribution in [-0.2, 0) is 19.4 Å². The maximum atomic E-state index is 12.1. The van der Waals surface area contributed by atoms with E-state index in [0.717, 1.165) is 11.8 Å². The minimum absolute atomic E-state index is 0.0890. The fourth-order valence-electron chi connectivity index (χ4n) is 2.28. The van der Waals surface area contributed by atoms with Gasteiger partial charge in [0.15, 0.2) is 16.4 Å². The van der Waals surface area contributed by atoms with Crippen molar-refractivity contribution in [1.29, 1.82) is 0 Å². The molecule has 132 valence electrons. The van der Waals surface area contributed by atoms with Crippen molar-refractivity contribution in [2.24, 2.45) is 0 Å². The molecule has 0 saturated heterocycles. The number of hydrogen-bond acceptors (Lipinski definition) is 5. The van der Waals surface area contributed by atoms with Crippen LogP contribution < -0.4 is 5.32 Å². The second kappa shape index (κ2) is 7.94. The molecule has 0 bridgehead atoms. The molecule has 0 spiro atoms. The van der Waals surface area contributed by atoms with Gasteiger partial charge < -0.3 is 10.1 Å². The topological polar surface area (TPSA) is 89.5 Å². The number of benzene rings is 2. The molecular formula is C18H19NO5S. The van der Waals surface area contributed by atoms with E-state index in [-0.39, 0.29) is 16.5 Å². The van der Waals surface area contributed by atoms with Crippen molar-refractivity contribution >= 4 is 21.7 Å². The first-order chi connectivity index (χ1) is 11.8. The van der Waals surface area contributed by atoms with Gasteiger partial charge in [-0.15, -0.1) is 0 Å². The van der Waals surface area contributed by atoms with E-state index >= 15 is 0 Å². The molecule has 0 aliphatic heterocycles. The summed E-state index contributed by atoms with van der Waals surface area (Å²) < 4.78 is 28.4. The van der Waals surface area contributed by atoms with Gasteiger partial charge in [-0.1, -0.05) is 42.5 Å². The lowest BCUT2D eigenvalue weighted by atomic mass is 10.1. The normalized spacial score (nSPS) is 12.2. The molecule has 0 saturated carbocycles. The fraction of sp³-hybridized carbons (Fsp3) is 0.222. The van der Waals surface area contributed by atoms with E-state index in [1.807, 2.05) is 37.3 Å². The molecule has 2 rings (SSSR count). The highest BCUT2D eigenvalue weighted by molar-refractivity contribution is 7.90.